The summed E-state index contributed by atoms with van der Waals surface area (Å²) in [5, 5.41) is 6.99. The van der Waals surface area contributed by atoms with E-state index >= 15 is 0 Å². The van der Waals surface area contributed by atoms with Gasteiger partial charge in [-0.15, -0.1) is 0 Å². The van der Waals surface area contributed by atoms with Crippen LogP contribution in [0, 0.1) is 0 Å². The molecule has 0 radical (unpaired) electrons. The van der Waals surface area contributed by atoms with Crippen molar-refractivity contribution in [1.29, 1.82) is 0 Å². The standard InChI is InChI=1S/C17H16N4O2/c1-2-20-12-13(8-9-16(20)22)19-17(23)14-6-3-4-7-15(14)21-11-5-10-18-21/h3-12H,2H2,1H3,(H,19,23). The second-order valence-corrected chi connectivity index (χ2v) is 4.96. The van der Waals surface area contributed by atoms with E-state index in [-0.39, 0.29) is 11.5 Å². The minimum absolute atomic E-state index is 0.0950. The number of carbonyl (C=O) groups excluding carboxylic acids is 1. The van der Waals surface area contributed by atoms with Gasteiger partial charge in [0.2, 0.25) is 0 Å². The van der Waals surface area contributed by atoms with Crippen molar-refractivity contribution in [2.45, 2.75) is 13.5 Å². The van der Waals surface area contributed by atoms with Crippen molar-refractivity contribution < 1.29 is 4.79 Å². The minimum Gasteiger partial charge on any atom is -0.321 e. The molecule has 0 fully saturated rings. The Morgan fingerprint density at radius 1 is 1.17 bits per heavy atom. The van der Waals surface area contributed by atoms with Crippen molar-refractivity contribution in [3.8, 4) is 5.69 Å². The van der Waals surface area contributed by atoms with Crippen LogP contribution in [0.25, 0.3) is 5.69 Å². The highest BCUT2D eigenvalue weighted by Crippen LogP contribution is 2.15. The molecule has 1 aromatic carbocycles. The topological polar surface area (TPSA) is 68.9 Å². The number of aryl methyl sites for hydroxylation is 1. The molecule has 0 unspecified atom stereocenters. The maximum absolute atomic E-state index is 12.6. The van der Waals surface area contributed by atoms with Crippen LogP contribution in [0.1, 0.15) is 17.3 Å². The molecule has 3 rings (SSSR count). The largest absolute Gasteiger partial charge is 0.321 e. The van der Waals surface area contributed by atoms with E-state index in [4.69, 9.17) is 0 Å². The number of anilines is 1. The first-order valence-electron chi connectivity index (χ1n) is 7.30. The van der Waals surface area contributed by atoms with E-state index in [0.29, 0.717) is 23.5 Å². The third kappa shape index (κ3) is 3.06. The zero-order chi connectivity index (χ0) is 16.2. The number of amides is 1. The average molecular weight is 308 g/mol. The van der Waals surface area contributed by atoms with Gasteiger partial charge < -0.3 is 9.88 Å². The molecule has 1 N–H and O–H groups in total. The number of hydrogen-bond donors (Lipinski definition) is 1. The van der Waals surface area contributed by atoms with Gasteiger partial charge >= 0.3 is 0 Å². The Kier molecular flexibility index (Phi) is 4.05. The lowest BCUT2D eigenvalue weighted by atomic mass is 10.1. The number of hydrogen-bond acceptors (Lipinski definition) is 3. The lowest BCUT2D eigenvalue weighted by Crippen LogP contribution is -2.20. The predicted octanol–water partition coefficient (Wildman–Crippen LogP) is 2.31. The van der Waals surface area contributed by atoms with Gasteiger partial charge in [0, 0.05) is 31.2 Å². The van der Waals surface area contributed by atoms with Crippen LogP contribution >= 0.6 is 0 Å². The fraction of sp³-hybridized carbons (Fsp3) is 0.118. The Hall–Kier alpha value is -3.15. The lowest BCUT2D eigenvalue weighted by molar-refractivity contribution is 0.102. The number of nitrogens with one attached hydrogen (secondary N) is 1. The van der Waals surface area contributed by atoms with Gasteiger partial charge in [-0.25, -0.2) is 4.68 Å². The quantitative estimate of drug-likeness (QED) is 0.804. The molecule has 0 bridgehead atoms. The maximum atomic E-state index is 12.6. The molecule has 0 aliphatic carbocycles. The summed E-state index contributed by atoms with van der Waals surface area (Å²) in [4.78, 5) is 24.2. The normalized spacial score (nSPS) is 10.5. The third-order valence-corrected chi connectivity index (χ3v) is 3.48. The molecule has 23 heavy (non-hydrogen) atoms. The van der Waals surface area contributed by atoms with Gasteiger partial charge in [-0.2, -0.15) is 5.10 Å². The van der Waals surface area contributed by atoms with Crippen LogP contribution in [0.2, 0.25) is 0 Å². The molecule has 0 aliphatic heterocycles. The van der Waals surface area contributed by atoms with Crippen LogP contribution in [0.3, 0.4) is 0 Å². The van der Waals surface area contributed by atoms with E-state index in [9.17, 15) is 9.59 Å². The van der Waals surface area contributed by atoms with E-state index < -0.39 is 0 Å². The summed E-state index contributed by atoms with van der Waals surface area (Å²) < 4.78 is 3.18. The van der Waals surface area contributed by atoms with Crippen molar-refractivity contribution in [2.75, 3.05) is 5.32 Å². The van der Waals surface area contributed by atoms with E-state index in [1.54, 1.807) is 47.5 Å². The molecule has 116 valence electrons. The molecule has 3 aromatic rings. The Labute approximate surface area is 133 Å². The molecule has 2 heterocycles. The van der Waals surface area contributed by atoms with E-state index in [2.05, 4.69) is 10.4 Å². The monoisotopic (exact) mass is 308 g/mol. The van der Waals surface area contributed by atoms with Crippen molar-refractivity contribution in [3.63, 3.8) is 0 Å². The number of aromatic nitrogens is 3. The Morgan fingerprint density at radius 3 is 2.74 bits per heavy atom. The third-order valence-electron chi connectivity index (χ3n) is 3.48. The molecule has 0 aliphatic rings. The number of para-hydroxylation sites is 1. The van der Waals surface area contributed by atoms with Crippen molar-refractivity contribution in [3.05, 3.63) is 77.0 Å². The second kappa shape index (κ2) is 6.31. The first-order chi connectivity index (χ1) is 11.2. The maximum Gasteiger partial charge on any atom is 0.257 e. The van der Waals surface area contributed by atoms with Gasteiger partial charge in [-0.05, 0) is 31.2 Å². The van der Waals surface area contributed by atoms with Crippen molar-refractivity contribution >= 4 is 11.6 Å². The van der Waals surface area contributed by atoms with E-state index in [0.717, 1.165) is 0 Å². The highest BCUT2D eigenvalue weighted by Gasteiger charge is 2.13. The van der Waals surface area contributed by atoms with Crippen LogP contribution in [-0.4, -0.2) is 20.3 Å². The smallest absolute Gasteiger partial charge is 0.257 e. The van der Waals surface area contributed by atoms with Crippen LogP contribution < -0.4 is 10.9 Å². The molecule has 2 aromatic heterocycles. The molecule has 6 nitrogen and oxygen atoms in total. The van der Waals surface area contributed by atoms with Crippen LogP contribution in [0.5, 0.6) is 0 Å². The molecule has 6 heteroatoms. The molecule has 0 saturated carbocycles. The minimum atomic E-state index is -0.252. The lowest BCUT2D eigenvalue weighted by Gasteiger charge is -2.11. The summed E-state index contributed by atoms with van der Waals surface area (Å²) in [7, 11) is 0. The van der Waals surface area contributed by atoms with Crippen LogP contribution in [0.4, 0.5) is 5.69 Å². The van der Waals surface area contributed by atoms with Crippen molar-refractivity contribution in [1.82, 2.24) is 14.3 Å². The van der Waals surface area contributed by atoms with Gasteiger partial charge in [-0.1, -0.05) is 12.1 Å². The van der Waals surface area contributed by atoms with E-state index in [1.807, 2.05) is 19.1 Å². The molecular formula is C17H16N4O2. The Morgan fingerprint density at radius 2 is 2.00 bits per heavy atom. The average Bonchev–Trinajstić information content (AvgIpc) is 3.11. The zero-order valence-electron chi connectivity index (χ0n) is 12.6. The first-order valence-corrected chi connectivity index (χ1v) is 7.30. The highest BCUT2D eigenvalue weighted by molar-refractivity contribution is 6.06. The second-order valence-electron chi connectivity index (χ2n) is 4.96. The van der Waals surface area contributed by atoms with Gasteiger partial charge in [0.15, 0.2) is 0 Å². The van der Waals surface area contributed by atoms with Gasteiger partial charge in [0.05, 0.1) is 16.9 Å². The predicted molar refractivity (Wildman–Crippen MR) is 87.9 cm³/mol. The first kappa shape index (κ1) is 14.8. The van der Waals surface area contributed by atoms with Crippen molar-refractivity contribution in [2.24, 2.45) is 0 Å². The summed E-state index contributed by atoms with van der Waals surface area (Å²) in [5.41, 5.74) is 1.68. The fourth-order valence-electron chi connectivity index (χ4n) is 2.33. The molecule has 0 atom stereocenters. The van der Waals surface area contributed by atoms with E-state index in [1.165, 1.54) is 10.6 Å². The Balaban J connectivity index is 1.91. The van der Waals surface area contributed by atoms with Gasteiger partial charge in [0.25, 0.3) is 11.5 Å². The number of carbonyl (C=O) groups is 1. The summed E-state index contributed by atoms with van der Waals surface area (Å²) in [5.74, 6) is -0.252. The SMILES string of the molecule is CCn1cc(NC(=O)c2ccccc2-n2cccn2)ccc1=O. The summed E-state index contributed by atoms with van der Waals surface area (Å²) >= 11 is 0. The highest BCUT2D eigenvalue weighted by atomic mass is 16.1. The number of benzene rings is 1. The van der Waals surface area contributed by atoms with Crippen LogP contribution in [0.15, 0.2) is 65.8 Å². The zero-order valence-corrected chi connectivity index (χ0v) is 12.6. The molecule has 0 saturated heterocycles. The van der Waals surface area contributed by atoms with Crippen LogP contribution in [-0.2, 0) is 6.54 Å². The Bertz CT molecular complexity index is 882. The summed E-state index contributed by atoms with van der Waals surface area (Å²) in [6, 6.07) is 12.1. The summed E-state index contributed by atoms with van der Waals surface area (Å²) in [6.07, 6.45) is 5.08. The number of pyridine rings is 1. The van der Waals surface area contributed by atoms with Gasteiger partial charge in [-0.3, -0.25) is 9.59 Å². The van der Waals surface area contributed by atoms with Gasteiger partial charge in [0.1, 0.15) is 0 Å². The molecule has 1 amide bonds. The molecular weight excluding hydrogens is 292 g/mol. The molecule has 0 spiro atoms. The number of rotatable bonds is 4. The summed E-state index contributed by atoms with van der Waals surface area (Å²) in [6.45, 7) is 2.42. The number of nitrogens with zero attached hydrogens (tertiary/aromatic N) is 3. The fourth-order valence-corrected chi connectivity index (χ4v) is 2.33.